The summed E-state index contributed by atoms with van der Waals surface area (Å²) in [6.07, 6.45) is 1.62. The summed E-state index contributed by atoms with van der Waals surface area (Å²) < 4.78 is 13.3. The number of nitrogens with one attached hydrogen (secondary N) is 1. The van der Waals surface area contributed by atoms with Crippen LogP contribution in [0.1, 0.15) is 25.4 Å². The number of furan rings is 1. The second-order valence-electron chi connectivity index (χ2n) is 7.86. The fourth-order valence-corrected chi connectivity index (χ4v) is 4.48. The number of carbonyl (C=O) groups is 1. The molecule has 36 heavy (non-hydrogen) atoms. The van der Waals surface area contributed by atoms with Gasteiger partial charge >= 0.3 is 0 Å². The Morgan fingerprint density at radius 3 is 2.50 bits per heavy atom. The minimum absolute atomic E-state index is 0.123. The minimum atomic E-state index is -0.123. The maximum absolute atomic E-state index is 12.6. The third-order valence-electron chi connectivity index (χ3n) is 5.48. The molecule has 0 radical (unpaired) electrons. The highest BCUT2D eigenvalue weighted by molar-refractivity contribution is 7.99. The monoisotopic (exact) mass is 525 g/mol. The average Bonchev–Trinajstić information content (AvgIpc) is 3.54. The van der Waals surface area contributed by atoms with Crippen molar-refractivity contribution in [2.75, 3.05) is 29.1 Å². The predicted molar refractivity (Wildman–Crippen MR) is 143 cm³/mol. The number of benzene rings is 2. The summed E-state index contributed by atoms with van der Waals surface area (Å²) in [5, 5.41) is 12.8. The molecule has 1 amide bonds. The van der Waals surface area contributed by atoms with Gasteiger partial charge in [0.05, 0.1) is 18.6 Å². The van der Waals surface area contributed by atoms with Crippen LogP contribution in [0.5, 0.6) is 5.75 Å². The normalized spacial score (nSPS) is 10.9. The van der Waals surface area contributed by atoms with Crippen molar-refractivity contribution < 1.29 is 13.9 Å². The van der Waals surface area contributed by atoms with Crippen LogP contribution in [-0.4, -0.2) is 39.5 Å². The Balaban J connectivity index is 1.39. The smallest absolute Gasteiger partial charge is 0.234 e. The van der Waals surface area contributed by atoms with Gasteiger partial charge in [-0.15, -0.1) is 10.2 Å². The second-order valence-corrected chi connectivity index (χ2v) is 9.24. The van der Waals surface area contributed by atoms with Crippen molar-refractivity contribution in [3.8, 4) is 5.75 Å². The molecule has 0 spiro atoms. The molecule has 4 aromatic rings. The molecule has 2 aromatic heterocycles. The Labute approximate surface area is 219 Å². The molecule has 4 rings (SSSR count). The quantitative estimate of drug-likeness (QED) is 0.236. The van der Waals surface area contributed by atoms with E-state index in [2.05, 4.69) is 34.3 Å². The summed E-state index contributed by atoms with van der Waals surface area (Å²) in [7, 11) is 0. The topological polar surface area (TPSA) is 85.4 Å². The van der Waals surface area contributed by atoms with E-state index in [0.29, 0.717) is 28.3 Å². The molecule has 0 bridgehead atoms. The van der Waals surface area contributed by atoms with Crippen LogP contribution in [0.3, 0.4) is 0 Å². The third-order valence-corrected chi connectivity index (χ3v) is 6.70. The number of hydrogen-bond acceptors (Lipinski definition) is 7. The number of rotatable bonds is 12. The number of ether oxygens (including phenoxy) is 1. The Morgan fingerprint density at radius 1 is 1.08 bits per heavy atom. The molecule has 188 valence electrons. The number of thioether (sulfide) groups is 1. The van der Waals surface area contributed by atoms with Crippen LogP contribution in [-0.2, 0) is 17.9 Å². The fraction of sp³-hybridized carbons (Fsp3) is 0.269. The SMILES string of the molecule is CCN(CC)c1ccc(NC(=O)CSc2nnc(COc3ccc(Cl)cc3)n2Cc2ccco2)cc1. The Bertz CT molecular complexity index is 1240. The summed E-state index contributed by atoms with van der Waals surface area (Å²) in [5.74, 6) is 2.11. The molecule has 0 atom stereocenters. The molecule has 0 saturated carbocycles. The lowest BCUT2D eigenvalue weighted by atomic mass is 10.2. The van der Waals surface area contributed by atoms with E-state index in [4.69, 9.17) is 20.8 Å². The van der Waals surface area contributed by atoms with Crippen molar-refractivity contribution >= 4 is 40.6 Å². The van der Waals surface area contributed by atoms with Crippen LogP contribution >= 0.6 is 23.4 Å². The number of hydrogen-bond donors (Lipinski definition) is 1. The molecular weight excluding hydrogens is 498 g/mol. The van der Waals surface area contributed by atoms with E-state index in [1.54, 1.807) is 30.5 Å². The standard InChI is InChI=1S/C26H28ClN5O3S/c1-3-31(4-2)21-11-9-20(10-12-21)28-25(33)18-36-26-30-29-24(32(26)16-23-6-5-15-34-23)17-35-22-13-7-19(27)8-14-22/h5-15H,3-4,16-18H2,1-2H3,(H,28,33). The largest absolute Gasteiger partial charge is 0.486 e. The van der Waals surface area contributed by atoms with E-state index >= 15 is 0 Å². The van der Waals surface area contributed by atoms with Crippen molar-refractivity contribution in [2.45, 2.75) is 32.2 Å². The summed E-state index contributed by atoms with van der Waals surface area (Å²) in [6.45, 7) is 6.75. The first-order valence-electron chi connectivity index (χ1n) is 11.7. The lowest BCUT2D eigenvalue weighted by Gasteiger charge is -2.21. The molecule has 0 fully saturated rings. The van der Waals surface area contributed by atoms with Gasteiger partial charge in [-0.05, 0) is 74.5 Å². The van der Waals surface area contributed by atoms with E-state index in [1.807, 2.05) is 41.0 Å². The molecule has 0 aliphatic heterocycles. The molecule has 0 saturated heterocycles. The molecule has 8 nitrogen and oxygen atoms in total. The first-order chi connectivity index (χ1) is 17.6. The molecular formula is C26H28ClN5O3S. The summed E-state index contributed by atoms with van der Waals surface area (Å²) in [4.78, 5) is 14.9. The first kappa shape index (κ1) is 25.7. The molecule has 2 heterocycles. The van der Waals surface area contributed by atoms with Crippen molar-refractivity contribution in [1.29, 1.82) is 0 Å². The number of amides is 1. The fourth-order valence-electron chi connectivity index (χ4n) is 3.60. The highest BCUT2D eigenvalue weighted by atomic mass is 35.5. The van der Waals surface area contributed by atoms with Crippen LogP contribution in [0, 0.1) is 0 Å². The van der Waals surface area contributed by atoms with Gasteiger partial charge in [0.25, 0.3) is 0 Å². The third kappa shape index (κ3) is 6.83. The lowest BCUT2D eigenvalue weighted by molar-refractivity contribution is -0.113. The zero-order chi connectivity index (χ0) is 25.3. The van der Waals surface area contributed by atoms with Crippen LogP contribution in [0.2, 0.25) is 5.02 Å². The maximum atomic E-state index is 12.6. The van der Waals surface area contributed by atoms with Gasteiger partial charge in [0.15, 0.2) is 11.0 Å². The minimum Gasteiger partial charge on any atom is -0.486 e. The van der Waals surface area contributed by atoms with Crippen molar-refractivity contribution in [3.05, 3.63) is 83.5 Å². The van der Waals surface area contributed by atoms with Crippen LogP contribution in [0.25, 0.3) is 0 Å². The van der Waals surface area contributed by atoms with Gasteiger partial charge in [0, 0.05) is 29.5 Å². The summed E-state index contributed by atoms with van der Waals surface area (Å²) in [6, 6.07) is 18.7. The van der Waals surface area contributed by atoms with E-state index in [0.717, 1.165) is 30.2 Å². The van der Waals surface area contributed by atoms with E-state index in [1.165, 1.54) is 11.8 Å². The van der Waals surface area contributed by atoms with Gasteiger partial charge in [-0.3, -0.25) is 9.36 Å². The zero-order valence-electron chi connectivity index (χ0n) is 20.2. The number of carbonyl (C=O) groups excluding carboxylic acids is 1. The van der Waals surface area contributed by atoms with Gasteiger partial charge in [0.1, 0.15) is 18.1 Å². The highest BCUT2D eigenvalue weighted by Gasteiger charge is 2.16. The number of anilines is 2. The molecule has 10 heteroatoms. The van der Waals surface area contributed by atoms with Crippen LogP contribution in [0.4, 0.5) is 11.4 Å². The average molecular weight is 526 g/mol. The number of aromatic nitrogens is 3. The maximum Gasteiger partial charge on any atom is 0.234 e. The molecule has 0 unspecified atom stereocenters. The predicted octanol–water partition coefficient (Wildman–Crippen LogP) is 5.73. The van der Waals surface area contributed by atoms with Gasteiger partial charge < -0.3 is 19.4 Å². The van der Waals surface area contributed by atoms with E-state index in [-0.39, 0.29) is 18.3 Å². The molecule has 0 aliphatic carbocycles. The van der Waals surface area contributed by atoms with Gasteiger partial charge in [-0.1, -0.05) is 23.4 Å². The van der Waals surface area contributed by atoms with Gasteiger partial charge in [0.2, 0.25) is 5.91 Å². The molecule has 1 N–H and O–H groups in total. The van der Waals surface area contributed by atoms with E-state index in [9.17, 15) is 4.79 Å². The Kier molecular flexibility index (Phi) is 8.91. The highest BCUT2D eigenvalue weighted by Crippen LogP contribution is 2.22. The van der Waals surface area contributed by atoms with Gasteiger partial charge in [-0.2, -0.15) is 0 Å². The van der Waals surface area contributed by atoms with Crippen LogP contribution in [0.15, 0.2) is 76.5 Å². The lowest BCUT2D eigenvalue weighted by Crippen LogP contribution is -2.21. The van der Waals surface area contributed by atoms with Crippen molar-refractivity contribution in [2.24, 2.45) is 0 Å². The van der Waals surface area contributed by atoms with Crippen molar-refractivity contribution in [1.82, 2.24) is 14.8 Å². The second kappa shape index (κ2) is 12.5. The molecule has 2 aromatic carbocycles. The molecule has 0 aliphatic rings. The summed E-state index contributed by atoms with van der Waals surface area (Å²) in [5.41, 5.74) is 1.89. The number of halogens is 1. The zero-order valence-corrected chi connectivity index (χ0v) is 21.8. The number of nitrogens with zero attached hydrogens (tertiary/aromatic N) is 4. The first-order valence-corrected chi connectivity index (χ1v) is 13.0. The van der Waals surface area contributed by atoms with Gasteiger partial charge in [-0.25, -0.2) is 0 Å². The summed E-state index contributed by atoms with van der Waals surface area (Å²) >= 11 is 7.26. The van der Waals surface area contributed by atoms with Crippen molar-refractivity contribution in [3.63, 3.8) is 0 Å². The Morgan fingerprint density at radius 2 is 1.83 bits per heavy atom. The van der Waals surface area contributed by atoms with E-state index < -0.39 is 0 Å². The Hall–Kier alpha value is -3.43. The van der Waals surface area contributed by atoms with Crippen LogP contribution < -0.4 is 15.0 Å².